The van der Waals surface area contributed by atoms with Gasteiger partial charge in [0.2, 0.25) is 0 Å². The number of phosphoric acid groups is 1. The van der Waals surface area contributed by atoms with E-state index < -0.39 is 13.9 Å². The highest BCUT2D eigenvalue weighted by Crippen LogP contribution is 2.38. The molecule has 0 aliphatic heterocycles. The maximum Gasteiger partial charge on any atom is 0.306 e. The van der Waals surface area contributed by atoms with Crippen molar-refractivity contribution < 1.29 is 37.3 Å². The highest BCUT2D eigenvalue weighted by atomic mass is 31.2. The van der Waals surface area contributed by atoms with Crippen LogP contribution >= 0.6 is 7.82 Å². The third kappa shape index (κ3) is 47.0. The average Bonchev–Trinajstić information content (AvgIpc) is 3.20. The monoisotopic (exact) mass is 862 g/mol. The molecule has 0 heterocycles. The van der Waals surface area contributed by atoms with Gasteiger partial charge in [0.15, 0.2) is 0 Å². The maximum atomic E-state index is 12.7. The summed E-state index contributed by atoms with van der Waals surface area (Å²) in [6, 6.07) is 0. The lowest BCUT2D eigenvalue weighted by atomic mass is 10.1. The van der Waals surface area contributed by atoms with Crippen molar-refractivity contribution in [3.63, 3.8) is 0 Å². The maximum absolute atomic E-state index is 12.7. The number of allylic oxidation sites excluding steroid dienone is 12. The van der Waals surface area contributed by atoms with E-state index in [4.69, 9.17) is 18.5 Å². The van der Waals surface area contributed by atoms with Gasteiger partial charge in [-0.25, -0.2) is 0 Å². The molecule has 0 saturated carbocycles. The molecule has 0 aliphatic rings. The summed E-state index contributed by atoms with van der Waals surface area (Å²) < 4.78 is 34.7. The predicted molar refractivity (Wildman–Crippen MR) is 254 cm³/mol. The molecular weight excluding hydrogens is 770 g/mol. The minimum Gasteiger partial charge on any atom is -0.756 e. The Morgan fingerprint density at radius 1 is 0.533 bits per heavy atom. The molecule has 0 saturated heterocycles. The number of ether oxygens (including phenoxy) is 2. The molecule has 60 heavy (non-hydrogen) atoms. The van der Waals surface area contributed by atoms with E-state index in [9.17, 15) is 14.3 Å². The van der Waals surface area contributed by atoms with Crippen LogP contribution in [0.25, 0.3) is 0 Å². The lowest BCUT2D eigenvalue weighted by Gasteiger charge is -2.28. The van der Waals surface area contributed by atoms with Crippen LogP contribution in [0.2, 0.25) is 0 Å². The molecule has 0 aromatic carbocycles. The summed E-state index contributed by atoms with van der Waals surface area (Å²) in [7, 11) is 1.33. The Balaban J connectivity index is 4.26. The van der Waals surface area contributed by atoms with Crippen LogP contribution in [0.3, 0.4) is 0 Å². The Morgan fingerprint density at radius 3 is 1.47 bits per heavy atom. The highest BCUT2D eigenvalue weighted by Gasteiger charge is 2.20. The first-order valence-electron chi connectivity index (χ1n) is 24.2. The molecule has 0 aromatic heterocycles. The average molecular weight is 862 g/mol. The number of unbranched alkanes of at least 4 members (excludes halogenated alkanes) is 18. The normalized spacial score (nSPS) is 14.3. The fourth-order valence-corrected chi connectivity index (χ4v) is 7.00. The molecule has 0 amide bonds. The van der Waals surface area contributed by atoms with Gasteiger partial charge in [0.1, 0.15) is 19.3 Å². The van der Waals surface area contributed by atoms with Gasteiger partial charge < -0.3 is 27.9 Å². The molecule has 0 N–H and O–H groups in total. The van der Waals surface area contributed by atoms with Crippen molar-refractivity contribution in [3.8, 4) is 0 Å². The largest absolute Gasteiger partial charge is 0.756 e. The smallest absolute Gasteiger partial charge is 0.306 e. The molecule has 0 rings (SSSR count). The van der Waals surface area contributed by atoms with Gasteiger partial charge in [0.25, 0.3) is 7.82 Å². The van der Waals surface area contributed by atoms with Gasteiger partial charge >= 0.3 is 5.97 Å². The second-order valence-corrected chi connectivity index (χ2v) is 18.5. The van der Waals surface area contributed by atoms with Crippen LogP contribution in [0.1, 0.15) is 187 Å². The molecule has 8 nitrogen and oxygen atoms in total. The van der Waals surface area contributed by atoms with Crippen molar-refractivity contribution in [2.24, 2.45) is 0 Å². The van der Waals surface area contributed by atoms with Gasteiger partial charge in [-0.2, -0.15) is 0 Å². The Labute approximate surface area is 370 Å². The summed E-state index contributed by atoms with van der Waals surface area (Å²) in [6.45, 7) is 5.25. The van der Waals surface area contributed by atoms with E-state index in [0.29, 0.717) is 17.6 Å². The van der Waals surface area contributed by atoms with E-state index in [1.165, 1.54) is 83.5 Å². The molecule has 0 fully saturated rings. The first-order chi connectivity index (χ1) is 29.1. The Kier molecular flexibility index (Phi) is 42.1. The standard InChI is InChI=1S/C51H92NO7P/c1-6-8-10-12-14-16-18-20-22-24-25-26-27-28-30-32-34-36-38-40-42-44-51(53)59-50(49-58-60(54,55)57-47-45-52(3,4)5)48-56-46-43-41-39-37-35-33-31-29-23-21-19-17-15-13-11-9-7-2/h8,10,14,16,20,22-23,25-26,28-30,50H,6-7,9,11-13,15,17-19,21,24,27,31-49H2,1-5H3/b10-8-,16-14-,22-20-,26-25-,29-23-,30-28-. The second-order valence-electron chi connectivity index (χ2n) is 17.1. The number of carbonyl (C=O) groups is 1. The first kappa shape index (κ1) is 57.9. The van der Waals surface area contributed by atoms with Crippen LogP contribution in [-0.4, -0.2) is 70.7 Å². The van der Waals surface area contributed by atoms with E-state index in [0.717, 1.165) is 83.5 Å². The minimum atomic E-state index is -4.54. The number of rotatable bonds is 44. The Bertz CT molecular complexity index is 1190. The quantitative estimate of drug-likeness (QED) is 0.0198. The van der Waals surface area contributed by atoms with Crippen molar-refractivity contribution in [2.45, 2.75) is 193 Å². The van der Waals surface area contributed by atoms with Crippen LogP contribution in [-0.2, 0) is 27.9 Å². The topological polar surface area (TPSA) is 94.1 Å². The van der Waals surface area contributed by atoms with Crippen molar-refractivity contribution in [3.05, 3.63) is 72.9 Å². The van der Waals surface area contributed by atoms with Gasteiger partial charge in [-0.1, -0.05) is 170 Å². The van der Waals surface area contributed by atoms with E-state index >= 15 is 0 Å². The lowest BCUT2D eigenvalue weighted by Crippen LogP contribution is -2.37. The molecule has 0 aliphatic carbocycles. The predicted octanol–water partition coefficient (Wildman–Crippen LogP) is 14.0. The van der Waals surface area contributed by atoms with Gasteiger partial charge in [-0.05, 0) is 83.5 Å². The summed E-state index contributed by atoms with van der Waals surface area (Å²) >= 11 is 0. The summed E-state index contributed by atoms with van der Waals surface area (Å²) in [6.07, 6.45) is 56.3. The Hall–Kier alpha value is -2.06. The van der Waals surface area contributed by atoms with Crippen molar-refractivity contribution in [1.82, 2.24) is 0 Å². The van der Waals surface area contributed by atoms with Crippen LogP contribution in [0.15, 0.2) is 72.9 Å². The van der Waals surface area contributed by atoms with E-state index in [-0.39, 0.29) is 32.2 Å². The zero-order valence-corrected chi connectivity index (χ0v) is 40.3. The van der Waals surface area contributed by atoms with E-state index in [2.05, 4.69) is 86.8 Å². The summed E-state index contributed by atoms with van der Waals surface area (Å²) in [5.41, 5.74) is 0. The number of hydrogen-bond acceptors (Lipinski definition) is 7. The van der Waals surface area contributed by atoms with Gasteiger partial charge in [0, 0.05) is 13.0 Å². The number of esters is 1. The molecule has 348 valence electrons. The summed E-state index contributed by atoms with van der Waals surface area (Å²) in [4.78, 5) is 25.1. The molecule has 2 atom stereocenters. The number of likely N-dealkylation sites (N-methyl/N-ethyl adjacent to an activating group) is 1. The van der Waals surface area contributed by atoms with Crippen LogP contribution in [0, 0.1) is 0 Å². The second kappa shape index (κ2) is 43.6. The van der Waals surface area contributed by atoms with Crippen LogP contribution in [0.4, 0.5) is 0 Å². The molecular formula is C51H92NO7P. The first-order valence-corrected chi connectivity index (χ1v) is 25.6. The number of phosphoric ester groups is 1. The summed E-state index contributed by atoms with van der Waals surface area (Å²) in [5.74, 6) is -0.356. The third-order valence-electron chi connectivity index (χ3n) is 9.99. The fourth-order valence-electron chi connectivity index (χ4n) is 6.27. The fraction of sp³-hybridized carbons (Fsp3) is 0.745. The van der Waals surface area contributed by atoms with Gasteiger partial charge in [-0.3, -0.25) is 9.36 Å². The molecule has 0 bridgehead atoms. The van der Waals surface area contributed by atoms with E-state index in [1.807, 2.05) is 21.1 Å². The van der Waals surface area contributed by atoms with Crippen molar-refractivity contribution in [1.29, 1.82) is 0 Å². The number of quaternary nitrogens is 1. The number of carbonyl (C=O) groups excluding carboxylic acids is 1. The number of nitrogens with zero attached hydrogens (tertiary/aromatic N) is 1. The van der Waals surface area contributed by atoms with E-state index in [1.54, 1.807) is 0 Å². The SMILES string of the molecule is CC/C=C\C/C=C\C/C=C\C/C=C\C/C=C\CCCCCCCC(=O)OC(COCCCCCCCC/C=C\CCCCCCCCC)COP(=O)([O-])OCC[N+](C)(C)C. The van der Waals surface area contributed by atoms with Gasteiger partial charge in [-0.15, -0.1) is 0 Å². The van der Waals surface area contributed by atoms with Gasteiger partial charge in [0.05, 0.1) is 34.4 Å². The minimum absolute atomic E-state index is 0.0174. The molecule has 9 heteroatoms. The third-order valence-corrected chi connectivity index (χ3v) is 11.0. The zero-order chi connectivity index (χ0) is 44.1. The van der Waals surface area contributed by atoms with Crippen molar-refractivity contribution >= 4 is 13.8 Å². The summed E-state index contributed by atoms with van der Waals surface area (Å²) in [5, 5.41) is 0. The van der Waals surface area contributed by atoms with Crippen LogP contribution in [0.5, 0.6) is 0 Å². The van der Waals surface area contributed by atoms with Crippen molar-refractivity contribution in [2.75, 3.05) is 54.1 Å². The Morgan fingerprint density at radius 2 is 0.967 bits per heavy atom. The molecule has 0 radical (unpaired) electrons. The number of hydrogen-bond donors (Lipinski definition) is 0. The molecule has 0 aromatic rings. The molecule has 0 spiro atoms. The van der Waals surface area contributed by atoms with Crippen LogP contribution < -0.4 is 4.89 Å². The highest BCUT2D eigenvalue weighted by molar-refractivity contribution is 7.45. The lowest BCUT2D eigenvalue weighted by molar-refractivity contribution is -0.870. The molecule has 2 unspecified atom stereocenters. The zero-order valence-electron chi connectivity index (χ0n) is 39.4.